The number of rotatable bonds is 8. The van der Waals surface area contributed by atoms with Gasteiger partial charge in [-0.3, -0.25) is 14.4 Å². The van der Waals surface area contributed by atoms with E-state index in [1.165, 1.54) is 30.1 Å². The van der Waals surface area contributed by atoms with E-state index in [4.69, 9.17) is 0 Å². The summed E-state index contributed by atoms with van der Waals surface area (Å²) >= 11 is 3.38. The van der Waals surface area contributed by atoms with Crippen LogP contribution in [0.15, 0.2) is 88.2 Å². The van der Waals surface area contributed by atoms with Crippen molar-refractivity contribution < 1.29 is 22.8 Å². The highest BCUT2D eigenvalue weighted by atomic mass is 79.9. The van der Waals surface area contributed by atoms with Crippen LogP contribution >= 0.6 is 15.9 Å². The molecular formula is C26H24BrN3O5S. The topological polar surface area (TPSA) is 104 Å². The van der Waals surface area contributed by atoms with Gasteiger partial charge in [0.2, 0.25) is 11.8 Å². The molecule has 3 aromatic carbocycles. The molecule has 1 aliphatic heterocycles. The number of halogens is 1. The molecule has 0 spiro atoms. The maximum absolute atomic E-state index is 13.7. The van der Waals surface area contributed by atoms with E-state index < -0.39 is 40.3 Å². The van der Waals surface area contributed by atoms with Crippen molar-refractivity contribution in [1.29, 1.82) is 0 Å². The van der Waals surface area contributed by atoms with E-state index in [9.17, 15) is 22.8 Å². The average Bonchev–Trinajstić information content (AvgIpc) is 3.08. The molecule has 1 atom stereocenters. The normalized spacial score (nSPS) is 14.7. The lowest BCUT2D eigenvalue weighted by atomic mass is 10.0. The predicted molar refractivity (Wildman–Crippen MR) is 137 cm³/mol. The van der Waals surface area contributed by atoms with Crippen molar-refractivity contribution >= 4 is 43.7 Å². The standard InChI is InChI=1S/C26H24BrN3O5S/c1-28-25(32)22(15-18-7-3-2-4-8-18)29(16-19-11-13-20(27)14-12-19)24(31)17-30-26(33)21-9-5-6-10-23(21)36(30,34)35/h2-14,22H,15-17H2,1H3,(H,28,32)/t22-/m1/s1. The van der Waals surface area contributed by atoms with Crippen molar-refractivity contribution in [3.8, 4) is 0 Å². The van der Waals surface area contributed by atoms with Crippen LogP contribution in [-0.2, 0) is 32.6 Å². The summed E-state index contributed by atoms with van der Waals surface area (Å²) in [5, 5.41) is 2.61. The van der Waals surface area contributed by atoms with Gasteiger partial charge in [-0.25, -0.2) is 12.7 Å². The number of hydrogen-bond acceptors (Lipinski definition) is 5. The first-order valence-electron chi connectivity index (χ1n) is 11.2. The van der Waals surface area contributed by atoms with Gasteiger partial charge in [-0.2, -0.15) is 0 Å². The molecule has 3 aromatic rings. The van der Waals surface area contributed by atoms with E-state index in [0.717, 1.165) is 15.6 Å². The second-order valence-electron chi connectivity index (χ2n) is 8.28. The number of nitrogens with zero attached hydrogens (tertiary/aromatic N) is 2. The summed E-state index contributed by atoms with van der Waals surface area (Å²) in [6.45, 7) is -0.666. The van der Waals surface area contributed by atoms with Crippen molar-refractivity contribution in [1.82, 2.24) is 14.5 Å². The van der Waals surface area contributed by atoms with Gasteiger partial charge in [0.05, 0.1) is 5.56 Å². The van der Waals surface area contributed by atoms with E-state index in [0.29, 0.717) is 4.31 Å². The molecule has 0 bridgehead atoms. The number of amides is 3. The van der Waals surface area contributed by atoms with Crippen LogP contribution in [0.1, 0.15) is 21.5 Å². The maximum Gasteiger partial charge on any atom is 0.269 e. The molecule has 3 amide bonds. The molecule has 1 heterocycles. The molecule has 0 radical (unpaired) electrons. The molecule has 10 heteroatoms. The molecule has 1 N–H and O–H groups in total. The smallest absolute Gasteiger partial charge is 0.269 e. The Morgan fingerprint density at radius 3 is 2.22 bits per heavy atom. The number of fused-ring (bicyclic) bond motifs is 1. The van der Waals surface area contributed by atoms with Gasteiger partial charge in [-0.1, -0.05) is 70.5 Å². The van der Waals surface area contributed by atoms with E-state index in [1.54, 1.807) is 18.2 Å². The van der Waals surface area contributed by atoms with Crippen LogP contribution < -0.4 is 5.32 Å². The van der Waals surface area contributed by atoms with Crippen LogP contribution in [0.2, 0.25) is 0 Å². The third-order valence-electron chi connectivity index (χ3n) is 5.97. The molecule has 36 heavy (non-hydrogen) atoms. The predicted octanol–water partition coefficient (Wildman–Crippen LogP) is 2.98. The summed E-state index contributed by atoms with van der Waals surface area (Å²) in [6.07, 6.45) is 0.212. The van der Waals surface area contributed by atoms with Gasteiger partial charge in [-0.05, 0) is 35.4 Å². The number of likely N-dealkylation sites (N-methyl/N-ethyl adjacent to an activating group) is 1. The Bertz CT molecular complexity index is 1390. The molecule has 8 nitrogen and oxygen atoms in total. The lowest BCUT2D eigenvalue weighted by molar-refractivity contribution is -0.140. The van der Waals surface area contributed by atoms with Gasteiger partial charge in [0, 0.05) is 24.5 Å². The summed E-state index contributed by atoms with van der Waals surface area (Å²) in [5.74, 6) is -1.82. The van der Waals surface area contributed by atoms with Crippen molar-refractivity contribution in [2.75, 3.05) is 13.6 Å². The molecule has 0 aromatic heterocycles. The van der Waals surface area contributed by atoms with Gasteiger partial charge >= 0.3 is 0 Å². The zero-order valence-corrected chi connectivity index (χ0v) is 21.8. The Labute approximate surface area is 218 Å². The quantitative estimate of drug-likeness (QED) is 0.449. The third kappa shape index (κ3) is 5.19. The summed E-state index contributed by atoms with van der Waals surface area (Å²) in [7, 11) is -2.70. The molecule has 0 fully saturated rings. The lowest BCUT2D eigenvalue weighted by Crippen LogP contribution is -2.52. The first-order chi connectivity index (χ1) is 17.2. The van der Waals surface area contributed by atoms with Crippen molar-refractivity contribution in [3.63, 3.8) is 0 Å². The minimum absolute atomic E-state index is 0.0249. The zero-order chi connectivity index (χ0) is 25.9. The van der Waals surface area contributed by atoms with Crippen LogP contribution in [0.4, 0.5) is 0 Å². The third-order valence-corrected chi connectivity index (χ3v) is 8.29. The molecule has 0 saturated carbocycles. The Hall–Kier alpha value is -3.50. The molecule has 4 rings (SSSR count). The summed E-state index contributed by atoms with van der Waals surface area (Å²) in [5.41, 5.74) is 1.60. The highest BCUT2D eigenvalue weighted by Crippen LogP contribution is 2.30. The van der Waals surface area contributed by atoms with Gasteiger partial charge < -0.3 is 10.2 Å². The molecule has 0 unspecified atom stereocenters. The lowest BCUT2D eigenvalue weighted by Gasteiger charge is -2.32. The molecular weight excluding hydrogens is 546 g/mol. The Morgan fingerprint density at radius 2 is 1.58 bits per heavy atom. The van der Waals surface area contributed by atoms with E-state index in [2.05, 4.69) is 21.2 Å². The summed E-state index contributed by atoms with van der Waals surface area (Å²) < 4.78 is 27.5. The first-order valence-corrected chi connectivity index (χ1v) is 13.4. The Kier molecular flexibility index (Phi) is 7.56. The Morgan fingerprint density at radius 1 is 0.944 bits per heavy atom. The maximum atomic E-state index is 13.7. The van der Waals surface area contributed by atoms with Crippen LogP contribution in [0, 0.1) is 0 Å². The van der Waals surface area contributed by atoms with Crippen LogP contribution in [0.25, 0.3) is 0 Å². The van der Waals surface area contributed by atoms with E-state index >= 15 is 0 Å². The van der Waals surface area contributed by atoms with Gasteiger partial charge in [0.25, 0.3) is 15.9 Å². The second-order valence-corrected chi connectivity index (χ2v) is 11.0. The van der Waals surface area contributed by atoms with Crippen LogP contribution in [0.5, 0.6) is 0 Å². The van der Waals surface area contributed by atoms with Crippen LogP contribution in [0.3, 0.4) is 0 Å². The van der Waals surface area contributed by atoms with Gasteiger partial charge in [-0.15, -0.1) is 0 Å². The fraction of sp³-hybridized carbons (Fsp3) is 0.192. The molecule has 0 saturated heterocycles. The number of sulfonamides is 1. The molecule has 0 aliphatic carbocycles. The average molecular weight is 570 g/mol. The highest BCUT2D eigenvalue weighted by molar-refractivity contribution is 9.10. The van der Waals surface area contributed by atoms with Crippen molar-refractivity contribution in [3.05, 3.63) is 100 Å². The second kappa shape index (κ2) is 10.6. The first kappa shape index (κ1) is 25.6. The number of carbonyl (C=O) groups excluding carboxylic acids is 3. The Balaban J connectivity index is 1.69. The summed E-state index contributed by atoms with van der Waals surface area (Å²) in [4.78, 5) is 40.8. The number of hydrogen-bond donors (Lipinski definition) is 1. The SMILES string of the molecule is CNC(=O)[C@@H](Cc1ccccc1)N(Cc1ccc(Br)cc1)C(=O)CN1C(=O)c2ccccc2S1(=O)=O. The fourth-order valence-corrected chi connectivity index (χ4v) is 5.89. The molecule has 1 aliphatic rings. The fourth-order valence-electron chi connectivity index (χ4n) is 4.11. The van der Waals surface area contributed by atoms with Crippen molar-refractivity contribution in [2.24, 2.45) is 0 Å². The number of carbonyl (C=O) groups is 3. The highest BCUT2D eigenvalue weighted by Gasteiger charge is 2.43. The number of nitrogens with one attached hydrogen (secondary N) is 1. The largest absolute Gasteiger partial charge is 0.357 e. The zero-order valence-electron chi connectivity index (χ0n) is 19.4. The van der Waals surface area contributed by atoms with Crippen LogP contribution in [-0.4, -0.2) is 55.0 Å². The summed E-state index contributed by atoms with van der Waals surface area (Å²) in [6, 6.07) is 21.4. The van der Waals surface area contributed by atoms with E-state index in [1.807, 2.05) is 42.5 Å². The van der Waals surface area contributed by atoms with E-state index in [-0.39, 0.29) is 23.4 Å². The minimum atomic E-state index is -4.18. The number of benzene rings is 3. The van der Waals surface area contributed by atoms with Gasteiger partial charge in [0.1, 0.15) is 17.5 Å². The van der Waals surface area contributed by atoms with Gasteiger partial charge in [0.15, 0.2) is 0 Å². The van der Waals surface area contributed by atoms with Crippen molar-refractivity contribution in [2.45, 2.75) is 23.9 Å². The molecule has 186 valence electrons. The monoisotopic (exact) mass is 569 g/mol. The minimum Gasteiger partial charge on any atom is -0.357 e.